The zero-order valence-electron chi connectivity index (χ0n) is 14.0. The van der Waals surface area contributed by atoms with Crippen molar-refractivity contribution in [3.05, 3.63) is 18.2 Å². The Hall–Kier alpha value is -1.36. The molecule has 5 nitrogen and oxygen atoms in total. The molecule has 0 bridgehead atoms. The van der Waals surface area contributed by atoms with Crippen molar-refractivity contribution in [1.29, 1.82) is 0 Å². The molecule has 122 valence electrons. The Kier molecular flexibility index (Phi) is 4.81. The lowest BCUT2D eigenvalue weighted by Crippen LogP contribution is -2.48. The summed E-state index contributed by atoms with van der Waals surface area (Å²) in [7, 11) is 2.01. The standard InChI is InChI=1S/C17H29N4O/c1-15-18(2)12-13-21(15)14-17(22)20-10-6-16(7-11-20)19-8-4-3-5-9-19/h12-13,16H,3-11,14H2,1-2H3/q+1. The van der Waals surface area contributed by atoms with Crippen LogP contribution in [0.25, 0.3) is 0 Å². The van der Waals surface area contributed by atoms with E-state index in [4.69, 9.17) is 0 Å². The molecule has 2 fully saturated rings. The average Bonchev–Trinajstić information content (AvgIpc) is 2.88. The van der Waals surface area contributed by atoms with Gasteiger partial charge in [-0.2, -0.15) is 0 Å². The monoisotopic (exact) mass is 305 g/mol. The Balaban J connectivity index is 1.50. The summed E-state index contributed by atoms with van der Waals surface area (Å²) in [5.74, 6) is 1.38. The predicted molar refractivity (Wildman–Crippen MR) is 85.4 cm³/mol. The minimum Gasteiger partial charge on any atom is -0.339 e. The van der Waals surface area contributed by atoms with Crippen LogP contribution in [0, 0.1) is 6.92 Å². The first-order chi connectivity index (χ1) is 10.6. The van der Waals surface area contributed by atoms with Crippen molar-refractivity contribution < 1.29 is 9.36 Å². The quantitative estimate of drug-likeness (QED) is 0.783. The number of piperidine rings is 2. The Morgan fingerprint density at radius 2 is 1.86 bits per heavy atom. The van der Waals surface area contributed by atoms with Crippen molar-refractivity contribution in [2.75, 3.05) is 26.2 Å². The highest BCUT2D eigenvalue weighted by Gasteiger charge is 2.28. The summed E-state index contributed by atoms with van der Waals surface area (Å²) >= 11 is 0. The summed E-state index contributed by atoms with van der Waals surface area (Å²) in [6, 6.07) is 0.704. The molecule has 0 unspecified atom stereocenters. The van der Waals surface area contributed by atoms with Crippen LogP contribution in [0.2, 0.25) is 0 Å². The zero-order valence-corrected chi connectivity index (χ0v) is 14.0. The third-order valence-corrected chi connectivity index (χ3v) is 5.43. The maximum Gasteiger partial charge on any atom is 0.264 e. The lowest BCUT2D eigenvalue weighted by molar-refractivity contribution is -0.677. The van der Waals surface area contributed by atoms with Crippen molar-refractivity contribution in [2.45, 2.75) is 51.6 Å². The van der Waals surface area contributed by atoms with Gasteiger partial charge in [-0.1, -0.05) is 6.42 Å². The van der Waals surface area contributed by atoms with Crippen LogP contribution in [0.3, 0.4) is 0 Å². The fourth-order valence-corrected chi connectivity index (χ4v) is 3.78. The number of hydrogen-bond acceptors (Lipinski definition) is 2. The molecular formula is C17H29N4O+. The van der Waals surface area contributed by atoms with Gasteiger partial charge in [-0.15, -0.1) is 0 Å². The van der Waals surface area contributed by atoms with Gasteiger partial charge in [-0.3, -0.25) is 4.79 Å². The number of aryl methyl sites for hydroxylation is 1. The minimum atomic E-state index is 0.261. The van der Waals surface area contributed by atoms with Gasteiger partial charge >= 0.3 is 0 Å². The second kappa shape index (κ2) is 6.82. The van der Waals surface area contributed by atoms with Crippen LogP contribution in [-0.4, -0.2) is 52.5 Å². The number of nitrogens with zero attached hydrogens (tertiary/aromatic N) is 4. The summed E-state index contributed by atoms with van der Waals surface area (Å²) in [4.78, 5) is 17.2. The molecule has 3 rings (SSSR count). The number of carbonyl (C=O) groups is 1. The van der Waals surface area contributed by atoms with Gasteiger partial charge in [0.15, 0.2) is 6.54 Å². The lowest BCUT2D eigenvalue weighted by atomic mass is 10.00. The zero-order chi connectivity index (χ0) is 15.5. The van der Waals surface area contributed by atoms with Crippen LogP contribution < -0.4 is 4.57 Å². The first kappa shape index (κ1) is 15.5. The summed E-state index contributed by atoms with van der Waals surface area (Å²) in [6.07, 6.45) is 10.4. The Labute approximate surface area is 133 Å². The predicted octanol–water partition coefficient (Wildman–Crippen LogP) is 1.10. The van der Waals surface area contributed by atoms with E-state index in [1.807, 2.05) is 24.0 Å². The minimum absolute atomic E-state index is 0.261. The highest BCUT2D eigenvalue weighted by molar-refractivity contribution is 5.76. The Bertz CT molecular complexity index is 511. The number of likely N-dealkylation sites (tertiary alicyclic amines) is 2. The topological polar surface area (TPSA) is 32.4 Å². The Morgan fingerprint density at radius 3 is 2.45 bits per heavy atom. The fraction of sp³-hybridized carbons (Fsp3) is 0.765. The number of rotatable bonds is 3. The number of carbonyl (C=O) groups excluding carboxylic acids is 1. The first-order valence-corrected chi connectivity index (χ1v) is 8.68. The van der Waals surface area contributed by atoms with E-state index in [-0.39, 0.29) is 5.91 Å². The van der Waals surface area contributed by atoms with E-state index in [1.54, 1.807) is 0 Å². The van der Waals surface area contributed by atoms with Crippen LogP contribution in [0.4, 0.5) is 0 Å². The molecule has 2 aliphatic rings. The van der Waals surface area contributed by atoms with E-state index in [2.05, 4.69) is 21.3 Å². The summed E-state index contributed by atoms with van der Waals surface area (Å²) < 4.78 is 4.09. The van der Waals surface area contributed by atoms with E-state index in [0.29, 0.717) is 12.6 Å². The molecule has 3 heterocycles. The number of aromatic nitrogens is 2. The third-order valence-electron chi connectivity index (χ3n) is 5.43. The number of imidazole rings is 1. The number of hydrogen-bond donors (Lipinski definition) is 0. The van der Waals surface area contributed by atoms with Crippen LogP contribution in [0.1, 0.15) is 37.9 Å². The first-order valence-electron chi connectivity index (χ1n) is 8.68. The van der Waals surface area contributed by atoms with Gasteiger partial charge in [0.05, 0.1) is 7.05 Å². The van der Waals surface area contributed by atoms with Crippen LogP contribution >= 0.6 is 0 Å². The Morgan fingerprint density at radius 1 is 1.18 bits per heavy atom. The normalized spacial score (nSPS) is 21.3. The second-order valence-corrected chi connectivity index (χ2v) is 6.79. The van der Waals surface area contributed by atoms with Gasteiger partial charge in [-0.05, 0) is 38.8 Å². The van der Waals surface area contributed by atoms with Gasteiger partial charge in [0.1, 0.15) is 12.4 Å². The highest BCUT2D eigenvalue weighted by Crippen LogP contribution is 2.21. The summed E-state index contributed by atoms with van der Waals surface area (Å²) in [5.41, 5.74) is 0. The van der Waals surface area contributed by atoms with E-state index in [0.717, 1.165) is 31.8 Å². The van der Waals surface area contributed by atoms with Crippen LogP contribution in [-0.2, 0) is 18.4 Å². The van der Waals surface area contributed by atoms with E-state index >= 15 is 0 Å². The molecule has 0 N–H and O–H groups in total. The smallest absolute Gasteiger partial charge is 0.264 e. The molecule has 0 radical (unpaired) electrons. The fourth-order valence-electron chi connectivity index (χ4n) is 3.78. The van der Waals surface area contributed by atoms with E-state index in [9.17, 15) is 4.79 Å². The molecule has 2 saturated heterocycles. The van der Waals surface area contributed by atoms with Gasteiger partial charge < -0.3 is 9.80 Å². The maximum atomic E-state index is 12.5. The average molecular weight is 305 g/mol. The molecule has 0 aliphatic carbocycles. The van der Waals surface area contributed by atoms with E-state index < -0.39 is 0 Å². The SMILES string of the molecule is Cc1n(CC(=O)N2CCC(N3CCCCC3)CC2)cc[n+]1C. The van der Waals surface area contributed by atoms with Crippen LogP contribution in [0.15, 0.2) is 12.4 Å². The van der Waals surface area contributed by atoms with E-state index in [1.165, 1.54) is 32.4 Å². The molecule has 5 heteroatoms. The summed E-state index contributed by atoms with van der Waals surface area (Å²) in [6.45, 7) is 6.89. The lowest BCUT2D eigenvalue weighted by Gasteiger charge is -2.40. The second-order valence-electron chi connectivity index (χ2n) is 6.79. The van der Waals surface area contributed by atoms with Gasteiger partial charge in [-0.25, -0.2) is 9.13 Å². The molecular weight excluding hydrogens is 276 g/mol. The molecule has 0 spiro atoms. The molecule has 22 heavy (non-hydrogen) atoms. The van der Waals surface area contributed by atoms with Crippen molar-refractivity contribution in [3.8, 4) is 0 Å². The van der Waals surface area contributed by atoms with Gasteiger partial charge in [0.2, 0.25) is 0 Å². The van der Waals surface area contributed by atoms with Crippen molar-refractivity contribution in [2.24, 2.45) is 7.05 Å². The molecule has 2 aliphatic heterocycles. The summed E-state index contributed by atoms with van der Waals surface area (Å²) in [5, 5.41) is 0. The molecule has 0 atom stereocenters. The van der Waals surface area contributed by atoms with Gasteiger partial charge in [0.25, 0.3) is 11.7 Å². The van der Waals surface area contributed by atoms with Crippen molar-refractivity contribution in [1.82, 2.24) is 14.4 Å². The maximum absolute atomic E-state index is 12.5. The highest BCUT2D eigenvalue weighted by atomic mass is 16.2. The third kappa shape index (κ3) is 3.35. The molecule has 0 saturated carbocycles. The number of amides is 1. The largest absolute Gasteiger partial charge is 0.339 e. The molecule has 0 aromatic carbocycles. The van der Waals surface area contributed by atoms with Crippen LogP contribution in [0.5, 0.6) is 0 Å². The molecule has 1 amide bonds. The van der Waals surface area contributed by atoms with Gasteiger partial charge in [0, 0.05) is 26.1 Å². The van der Waals surface area contributed by atoms with Crippen molar-refractivity contribution in [3.63, 3.8) is 0 Å². The molecule has 1 aromatic heterocycles. The van der Waals surface area contributed by atoms with Crippen molar-refractivity contribution >= 4 is 5.91 Å². The molecule has 1 aromatic rings.